The van der Waals surface area contributed by atoms with Gasteiger partial charge in [-0.25, -0.2) is 0 Å². The lowest BCUT2D eigenvalue weighted by atomic mass is 10.2. The van der Waals surface area contributed by atoms with Crippen molar-refractivity contribution >= 4 is 29.3 Å². The fourth-order valence-electron chi connectivity index (χ4n) is 1.53. The van der Waals surface area contributed by atoms with Gasteiger partial charge < -0.3 is 4.90 Å². The third-order valence-electron chi connectivity index (χ3n) is 2.38. The molecule has 1 saturated heterocycles. The van der Waals surface area contributed by atoms with E-state index in [2.05, 4.69) is 0 Å². The molecule has 1 heterocycles. The van der Waals surface area contributed by atoms with Crippen LogP contribution in [-0.2, 0) is 4.79 Å². The van der Waals surface area contributed by atoms with Crippen LogP contribution in [0.2, 0.25) is 0 Å². The zero-order valence-electron chi connectivity index (χ0n) is 7.96. The summed E-state index contributed by atoms with van der Waals surface area (Å²) in [6.07, 6.45) is 3.78. The minimum absolute atomic E-state index is 0.293. The Labute approximate surface area is 89.0 Å². The molecule has 0 saturated carbocycles. The lowest BCUT2D eigenvalue weighted by Gasteiger charge is -2.15. The second-order valence-corrected chi connectivity index (χ2v) is 4.69. The number of hydrogen-bond donors (Lipinski definition) is 0. The van der Waals surface area contributed by atoms with Crippen LogP contribution < -0.4 is 0 Å². The van der Waals surface area contributed by atoms with Gasteiger partial charge in [-0.2, -0.15) is 11.8 Å². The molecule has 0 bridgehead atoms. The average molecular weight is 222 g/mol. The van der Waals surface area contributed by atoms with Gasteiger partial charge >= 0.3 is 0 Å². The maximum Gasteiger partial charge on any atom is 0.223 e. The first-order valence-electron chi connectivity index (χ1n) is 4.60. The average Bonchev–Trinajstić information content (AvgIpc) is 2.62. The number of hydrogen-bond acceptors (Lipinski definition) is 2. The van der Waals surface area contributed by atoms with Crippen LogP contribution in [0.3, 0.4) is 0 Å². The van der Waals surface area contributed by atoms with Crippen LogP contribution in [0.5, 0.6) is 0 Å². The molecule has 0 spiro atoms. The van der Waals surface area contributed by atoms with Crippen molar-refractivity contribution in [3.63, 3.8) is 0 Å². The van der Waals surface area contributed by atoms with Crippen LogP contribution in [-0.4, -0.2) is 41.8 Å². The van der Waals surface area contributed by atoms with Crippen LogP contribution >= 0.6 is 23.4 Å². The first-order valence-corrected chi connectivity index (χ1v) is 6.53. The number of carbonyl (C=O) groups is 1. The van der Waals surface area contributed by atoms with E-state index in [1.165, 1.54) is 0 Å². The summed E-state index contributed by atoms with van der Waals surface area (Å²) in [5, 5.41) is 0. The fourth-order valence-corrected chi connectivity index (χ4v) is 2.16. The third kappa shape index (κ3) is 3.39. The van der Waals surface area contributed by atoms with Crippen LogP contribution in [0, 0.1) is 5.92 Å². The number of nitrogens with zero attached hydrogens (tertiary/aromatic N) is 1. The van der Waals surface area contributed by atoms with Crippen molar-refractivity contribution in [1.82, 2.24) is 4.90 Å². The molecule has 4 heteroatoms. The van der Waals surface area contributed by atoms with E-state index in [9.17, 15) is 4.79 Å². The fraction of sp³-hybridized carbons (Fsp3) is 0.889. The zero-order chi connectivity index (χ0) is 9.68. The van der Waals surface area contributed by atoms with Crippen LogP contribution in [0.1, 0.15) is 12.8 Å². The molecular weight excluding hydrogens is 206 g/mol. The maximum absolute atomic E-state index is 11.5. The van der Waals surface area contributed by atoms with Crippen molar-refractivity contribution in [3.8, 4) is 0 Å². The highest BCUT2D eigenvalue weighted by atomic mass is 35.5. The molecule has 76 valence electrons. The monoisotopic (exact) mass is 221 g/mol. The number of carbonyl (C=O) groups excluding carboxylic acids is 1. The molecule has 1 fully saturated rings. The number of halogens is 1. The van der Waals surface area contributed by atoms with Crippen molar-refractivity contribution in [2.75, 3.05) is 31.0 Å². The van der Waals surface area contributed by atoms with Gasteiger partial charge in [0, 0.05) is 31.1 Å². The van der Waals surface area contributed by atoms with E-state index in [0.717, 1.165) is 25.3 Å². The van der Waals surface area contributed by atoms with E-state index in [1.54, 1.807) is 11.8 Å². The molecule has 1 aliphatic heterocycles. The highest BCUT2D eigenvalue weighted by molar-refractivity contribution is 7.98. The molecular formula is C9H16ClNOS. The Morgan fingerprint density at radius 3 is 3.00 bits per heavy atom. The van der Waals surface area contributed by atoms with Gasteiger partial charge in [-0.15, -0.1) is 11.6 Å². The summed E-state index contributed by atoms with van der Waals surface area (Å²) in [5.74, 6) is 2.44. The molecule has 2 nitrogen and oxygen atoms in total. The van der Waals surface area contributed by atoms with Crippen molar-refractivity contribution < 1.29 is 4.79 Å². The lowest BCUT2D eigenvalue weighted by molar-refractivity contribution is -0.129. The Morgan fingerprint density at radius 1 is 1.69 bits per heavy atom. The Bertz CT molecular complexity index is 177. The Hall–Kier alpha value is 0.110. The van der Waals surface area contributed by atoms with Crippen molar-refractivity contribution in [1.29, 1.82) is 0 Å². The molecule has 1 rings (SSSR count). The Kier molecular flexibility index (Phi) is 4.96. The second kappa shape index (κ2) is 5.76. The van der Waals surface area contributed by atoms with Gasteiger partial charge in [-0.1, -0.05) is 0 Å². The summed E-state index contributed by atoms with van der Waals surface area (Å²) < 4.78 is 0. The van der Waals surface area contributed by atoms with E-state index >= 15 is 0 Å². The van der Waals surface area contributed by atoms with Crippen LogP contribution in [0.15, 0.2) is 0 Å². The van der Waals surface area contributed by atoms with E-state index in [4.69, 9.17) is 11.6 Å². The van der Waals surface area contributed by atoms with E-state index in [1.807, 2.05) is 11.2 Å². The third-order valence-corrected chi connectivity index (χ3v) is 3.43. The number of rotatable bonds is 4. The Morgan fingerprint density at radius 2 is 2.46 bits per heavy atom. The Balaban J connectivity index is 2.25. The molecule has 1 aliphatic rings. The van der Waals surface area contributed by atoms with Gasteiger partial charge in [0.25, 0.3) is 0 Å². The number of likely N-dealkylation sites (tertiary alicyclic amines) is 1. The van der Waals surface area contributed by atoms with Gasteiger partial charge in [0.05, 0.1) is 0 Å². The maximum atomic E-state index is 11.5. The molecule has 0 aliphatic carbocycles. The smallest absolute Gasteiger partial charge is 0.223 e. The molecule has 0 aromatic carbocycles. The summed E-state index contributed by atoms with van der Waals surface area (Å²) >= 11 is 7.46. The van der Waals surface area contributed by atoms with Crippen molar-refractivity contribution in [3.05, 3.63) is 0 Å². The topological polar surface area (TPSA) is 20.3 Å². The van der Waals surface area contributed by atoms with E-state index < -0.39 is 0 Å². The molecule has 0 radical (unpaired) electrons. The molecule has 1 atom stereocenters. The van der Waals surface area contributed by atoms with Gasteiger partial charge in [-0.3, -0.25) is 4.79 Å². The summed E-state index contributed by atoms with van der Waals surface area (Å²) in [6, 6.07) is 0. The standard InChI is InChI=1S/C9H16ClNOS/c1-13-5-3-9(12)11-4-2-8(6-10)7-11/h8H,2-7H2,1H3. The lowest BCUT2D eigenvalue weighted by Crippen LogP contribution is -2.29. The summed E-state index contributed by atoms with van der Waals surface area (Å²) in [6.45, 7) is 1.78. The molecule has 13 heavy (non-hydrogen) atoms. The van der Waals surface area contributed by atoms with Crippen LogP contribution in [0.25, 0.3) is 0 Å². The van der Waals surface area contributed by atoms with Gasteiger partial charge in [0.1, 0.15) is 0 Å². The summed E-state index contributed by atoms with van der Waals surface area (Å²) in [7, 11) is 0. The first kappa shape index (κ1) is 11.2. The van der Waals surface area contributed by atoms with E-state index in [-0.39, 0.29) is 0 Å². The van der Waals surface area contributed by atoms with Crippen molar-refractivity contribution in [2.45, 2.75) is 12.8 Å². The molecule has 0 aromatic heterocycles. The largest absolute Gasteiger partial charge is 0.342 e. The highest BCUT2D eigenvalue weighted by Gasteiger charge is 2.24. The normalized spacial score (nSPS) is 22.3. The molecule has 0 N–H and O–H groups in total. The molecule has 1 amide bonds. The first-order chi connectivity index (χ1) is 6.27. The number of alkyl halides is 1. The molecule has 0 aromatic rings. The van der Waals surface area contributed by atoms with Crippen LogP contribution in [0.4, 0.5) is 0 Å². The second-order valence-electron chi connectivity index (χ2n) is 3.39. The minimum atomic E-state index is 0.293. The summed E-state index contributed by atoms with van der Waals surface area (Å²) in [4.78, 5) is 13.5. The molecule has 1 unspecified atom stereocenters. The van der Waals surface area contributed by atoms with Gasteiger partial charge in [-0.05, 0) is 18.6 Å². The zero-order valence-corrected chi connectivity index (χ0v) is 9.53. The van der Waals surface area contributed by atoms with Crippen molar-refractivity contribution in [2.24, 2.45) is 5.92 Å². The predicted octanol–water partition coefficient (Wildman–Crippen LogP) is 1.83. The minimum Gasteiger partial charge on any atom is -0.342 e. The predicted molar refractivity (Wildman–Crippen MR) is 58.4 cm³/mol. The van der Waals surface area contributed by atoms with Gasteiger partial charge in [0.2, 0.25) is 5.91 Å². The summed E-state index contributed by atoms with van der Waals surface area (Å²) in [5.41, 5.74) is 0. The highest BCUT2D eigenvalue weighted by Crippen LogP contribution is 2.18. The van der Waals surface area contributed by atoms with E-state index in [0.29, 0.717) is 24.1 Å². The number of amides is 1. The SMILES string of the molecule is CSCCC(=O)N1CCC(CCl)C1. The number of thioether (sulfide) groups is 1. The quantitative estimate of drug-likeness (QED) is 0.676. The van der Waals surface area contributed by atoms with Gasteiger partial charge in [0.15, 0.2) is 0 Å².